The fourth-order valence-corrected chi connectivity index (χ4v) is 3.33. The Morgan fingerprint density at radius 3 is 1.84 bits per heavy atom. The van der Waals surface area contributed by atoms with Crippen LogP contribution < -0.4 is 27.4 Å². The number of carboxylic acids is 2. The molecule has 0 radical (unpaired) electrons. The maximum atomic E-state index is 12.8. The number of benzene rings is 1. The van der Waals surface area contributed by atoms with Crippen LogP contribution in [0.5, 0.6) is 5.75 Å². The molecule has 10 N–H and O–H groups in total. The lowest BCUT2D eigenvalue weighted by molar-refractivity contribution is -0.143. The first-order chi connectivity index (χ1) is 17.3. The van der Waals surface area contributed by atoms with E-state index >= 15 is 0 Å². The Morgan fingerprint density at radius 2 is 1.32 bits per heavy atom. The molecule has 0 heterocycles. The molecule has 1 rings (SSSR count). The van der Waals surface area contributed by atoms with Crippen LogP contribution in [-0.4, -0.2) is 80.8 Å². The third kappa shape index (κ3) is 11.6. The standard InChI is InChI=1S/C22H31N5O9S/c23-13(9-11-1-3-12(28)4-2-11)19(32)27-16(10-37)21(34)25-14(5-7-17(24)29)20(33)26-15(22(35)36)6-8-18(30)31/h1-4,13-16,28,37H,5-10,23H2,(H2,24,29)(H,25,34)(H,26,33)(H,27,32)(H,30,31)(H,35,36). The molecule has 1 aromatic rings. The smallest absolute Gasteiger partial charge is 0.326 e. The van der Waals surface area contributed by atoms with Crippen molar-refractivity contribution < 1.29 is 44.1 Å². The van der Waals surface area contributed by atoms with Crippen LogP contribution in [0, 0.1) is 0 Å². The van der Waals surface area contributed by atoms with Crippen LogP contribution in [0.2, 0.25) is 0 Å². The Bertz CT molecular complexity index is 989. The molecule has 4 unspecified atom stereocenters. The van der Waals surface area contributed by atoms with E-state index in [9.17, 15) is 39.0 Å². The van der Waals surface area contributed by atoms with E-state index in [1.165, 1.54) is 12.1 Å². The van der Waals surface area contributed by atoms with Gasteiger partial charge < -0.3 is 42.7 Å². The number of phenols is 1. The van der Waals surface area contributed by atoms with Crippen molar-refractivity contribution in [3.63, 3.8) is 0 Å². The topological polar surface area (TPSA) is 251 Å². The first-order valence-electron chi connectivity index (χ1n) is 11.1. The minimum absolute atomic E-state index is 0.0417. The summed E-state index contributed by atoms with van der Waals surface area (Å²) in [5.41, 5.74) is 11.7. The second-order valence-electron chi connectivity index (χ2n) is 8.12. The molecule has 0 bridgehead atoms. The normalized spacial score (nSPS) is 13.9. The third-order valence-electron chi connectivity index (χ3n) is 5.12. The second kappa shape index (κ2) is 15.3. The SMILES string of the molecule is NC(=O)CCC(NC(=O)C(CS)NC(=O)C(N)Cc1ccc(O)cc1)C(=O)NC(CCC(=O)O)C(=O)O. The van der Waals surface area contributed by atoms with Crippen LogP contribution in [-0.2, 0) is 35.2 Å². The van der Waals surface area contributed by atoms with Gasteiger partial charge in [0.15, 0.2) is 0 Å². The molecule has 15 heteroatoms. The summed E-state index contributed by atoms with van der Waals surface area (Å²) in [6.07, 6.45) is -1.47. The lowest BCUT2D eigenvalue weighted by Gasteiger charge is -2.24. The highest BCUT2D eigenvalue weighted by Crippen LogP contribution is 2.11. The van der Waals surface area contributed by atoms with Crippen LogP contribution in [0.4, 0.5) is 0 Å². The zero-order valence-electron chi connectivity index (χ0n) is 19.8. The Kier molecular flexibility index (Phi) is 12.9. The predicted molar refractivity (Wildman–Crippen MR) is 132 cm³/mol. The van der Waals surface area contributed by atoms with E-state index in [4.69, 9.17) is 16.6 Å². The number of aromatic hydroxyl groups is 1. The Labute approximate surface area is 217 Å². The predicted octanol–water partition coefficient (Wildman–Crippen LogP) is -2.14. The van der Waals surface area contributed by atoms with Crippen LogP contribution >= 0.6 is 12.6 Å². The zero-order chi connectivity index (χ0) is 28.1. The highest BCUT2D eigenvalue weighted by atomic mass is 32.1. The second-order valence-corrected chi connectivity index (χ2v) is 8.48. The largest absolute Gasteiger partial charge is 0.508 e. The van der Waals surface area contributed by atoms with Gasteiger partial charge in [0, 0.05) is 18.6 Å². The van der Waals surface area contributed by atoms with E-state index in [1.54, 1.807) is 12.1 Å². The molecule has 14 nitrogen and oxygen atoms in total. The summed E-state index contributed by atoms with van der Waals surface area (Å²) in [6, 6.07) is 0.733. The molecule has 0 spiro atoms. The Balaban J connectivity index is 2.87. The summed E-state index contributed by atoms with van der Waals surface area (Å²) in [6.45, 7) is 0. The van der Waals surface area contributed by atoms with E-state index < -0.39 is 72.6 Å². The maximum absolute atomic E-state index is 12.8. The number of nitrogens with two attached hydrogens (primary N) is 2. The number of primary amides is 1. The van der Waals surface area contributed by atoms with Gasteiger partial charge in [0.2, 0.25) is 23.6 Å². The van der Waals surface area contributed by atoms with Crippen molar-refractivity contribution >= 4 is 48.2 Å². The van der Waals surface area contributed by atoms with Crippen molar-refractivity contribution in [2.45, 2.75) is 56.3 Å². The molecule has 0 aliphatic heterocycles. The molecule has 0 aliphatic rings. The molecule has 0 aromatic heterocycles. The van der Waals surface area contributed by atoms with Gasteiger partial charge in [-0.05, 0) is 37.0 Å². The molecule has 0 aliphatic carbocycles. The van der Waals surface area contributed by atoms with Crippen molar-refractivity contribution in [2.75, 3.05) is 5.75 Å². The van der Waals surface area contributed by atoms with Gasteiger partial charge in [-0.1, -0.05) is 12.1 Å². The minimum atomic E-state index is -1.56. The molecular formula is C22H31N5O9S. The highest BCUT2D eigenvalue weighted by molar-refractivity contribution is 7.80. The number of rotatable bonds is 16. The number of amides is 4. The number of aliphatic carboxylic acids is 2. The molecule has 1 aromatic carbocycles. The Morgan fingerprint density at radius 1 is 0.811 bits per heavy atom. The van der Waals surface area contributed by atoms with E-state index in [0.29, 0.717) is 5.56 Å². The van der Waals surface area contributed by atoms with Crippen molar-refractivity contribution in [1.82, 2.24) is 16.0 Å². The van der Waals surface area contributed by atoms with Gasteiger partial charge in [-0.3, -0.25) is 24.0 Å². The van der Waals surface area contributed by atoms with Gasteiger partial charge >= 0.3 is 11.9 Å². The summed E-state index contributed by atoms with van der Waals surface area (Å²) in [5, 5.41) is 34.3. The molecule has 0 saturated carbocycles. The number of nitrogens with one attached hydrogen (secondary N) is 3. The average Bonchev–Trinajstić information content (AvgIpc) is 2.83. The summed E-state index contributed by atoms with van der Waals surface area (Å²) >= 11 is 4.04. The van der Waals surface area contributed by atoms with E-state index in [0.717, 1.165) is 0 Å². The summed E-state index contributed by atoms with van der Waals surface area (Å²) in [5.74, 6) is -6.23. The summed E-state index contributed by atoms with van der Waals surface area (Å²) in [4.78, 5) is 71.4. The molecule has 37 heavy (non-hydrogen) atoms. The van der Waals surface area contributed by atoms with Gasteiger partial charge in [0.25, 0.3) is 0 Å². The molecule has 4 atom stereocenters. The third-order valence-corrected chi connectivity index (χ3v) is 5.48. The van der Waals surface area contributed by atoms with Gasteiger partial charge in [-0.25, -0.2) is 4.79 Å². The lowest BCUT2D eigenvalue weighted by atomic mass is 10.1. The average molecular weight is 542 g/mol. The number of carbonyl (C=O) groups is 6. The number of hydrogen-bond donors (Lipinski definition) is 9. The molecule has 4 amide bonds. The van der Waals surface area contributed by atoms with Gasteiger partial charge in [-0.15, -0.1) is 0 Å². The molecule has 204 valence electrons. The zero-order valence-corrected chi connectivity index (χ0v) is 20.6. The van der Waals surface area contributed by atoms with Crippen molar-refractivity contribution in [3.8, 4) is 5.75 Å². The van der Waals surface area contributed by atoms with Crippen molar-refractivity contribution in [2.24, 2.45) is 11.5 Å². The number of hydrogen-bond acceptors (Lipinski definition) is 9. The highest BCUT2D eigenvalue weighted by Gasteiger charge is 2.30. The molecule has 0 fully saturated rings. The molecule has 0 saturated heterocycles. The van der Waals surface area contributed by atoms with Gasteiger partial charge in [-0.2, -0.15) is 12.6 Å². The summed E-state index contributed by atoms with van der Waals surface area (Å²) in [7, 11) is 0. The quantitative estimate of drug-likeness (QED) is 0.103. The molecular weight excluding hydrogens is 510 g/mol. The fourth-order valence-electron chi connectivity index (χ4n) is 3.08. The van der Waals surface area contributed by atoms with Crippen LogP contribution in [0.15, 0.2) is 24.3 Å². The fraction of sp³-hybridized carbons (Fsp3) is 0.455. The van der Waals surface area contributed by atoms with E-state index in [2.05, 4.69) is 28.6 Å². The van der Waals surface area contributed by atoms with E-state index in [-0.39, 0.29) is 30.8 Å². The monoisotopic (exact) mass is 541 g/mol. The number of thiol groups is 1. The van der Waals surface area contributed by atoms with Crippen molar-refractivity contribution in [1.29, 1.82) is 0 Å². The van der Waals surface area contributed by atoms with Crippen LogP contribution in [0.25, 0.3) is 0 Å². The van der Waals surface area contributed by atoms with Gasteiger partial charge in [0.1, 0.15) is 23.9 Å². The van der Waals surface area contributed by atoms with Crippen molar-refractivity contribution in [3.05, 3.63) is 29.8 Å². The lowest BCUT2D eigenvalue weighted by Crippen LogP contribution is -2.58. The number of carbonyl (C=O) groups excluding carboxylic acids is 4. The van der Waals surface area contributed by atoms with E-state index in [1.807, 2.05) is 0 Å². The minimum Gasteiger partial charge on any atom is -0.508 e. The first kappa shape index (κ1) is 31.2. The first-order valence-corrected chi connectivity index (χ1v) is 11.8. The van der Waals surface area contributed by atoms with Crippen LogP contribution in [0.3, 0.4) is 0 Å². The maximum Gasteiger partial charge on any atom is 0.326 e. The number of carboxylic acid groups (broad SMARTS) is 2. The Hall–Kier alpha value is -3.85. The summed E-state index contributed by atoms with van der Waals surface area (Å²) < 4.78 is 0. The van der Waals surface area contributed by atoms with Gasteiger partial charge in [0.05, 0.1) is 6.04 Å². The van der Waals surface area contributed by atoms with Crippen LogP contribution in [0.1, 0.15) is 31.2 Å². The number of phenolic OH excluding ortho intramolecular Hbond substituents is 1.